The molecule has 30 heavy (non-hydrogen) atoms. The highest BCUT2D eigenvalue weighted by atomic mass is 16.5. The standard InChI is InChI=1S/C27H28N2O/c1-28(2)23-16-12-21(13-17-23)27(22-14-18-24(19-15-22)29(3)4)30-26-11-7-9-20-8-5-6-10-25(20)26/h5-19,27H,1-4H3. The lowest BCUT2D eigenvalue weighted by molar-refractivity contribution is 0.250. The van der Waals surface area contributed by atoms with Crippen LogP contribution in [-0.4, -0.2) is 28.2 Å². The van der Waals surface area contributed by atoms with E-state index in [-0.39, 0.29) is 6.10 Å². The minimum absolute atomic E-state index is 0.191. The number of fused-ring (bicyclic) bond motifs is 1. The minimum Gasteiger partial charge on any atom is -0.480 e. The van der Waals surface area contributed by atoms with Crippen LogP contribution in [0.15, 0.2) is 91.0 Å². The largest absolute Gasteiger partial charge is 0.480 e. The first-order valence-corrected chi connectivity index (χ1v) is 10.2. The van der Waals surface area contributed by atoms with Gasteiger partial charge < -0.3 is 14.5 Å². The molecule has 0 bridgehead atoms. The van der Waals surface area contributed by atoms with Gasteiger partial charge in [-0.3, -0.25) is 0 Å². The van der Waals surface area contributed by atoms with Crippen molar-refractivity contribution in [2.75, 3.05) is 38.0 Å². The van der Waals surface area contributed by atoms with Crippen LogP contribution in [0.4, 0.5) is 11.4 Å². The molecular weight excluding hydrogens is 368 g/mol. The molecule has 4 aromatic carbocycles. The zero-order chi connectivity index (χ0) is 21.1. The lowest BCUT2D eigenvalue weighted by Crippen LogP contribution is -2.12. The van der Waals surface area contributed by atoms with Gasteiger partial charge >= 0.3 is 0 Å². The molecule has 3 nitrogen and oxygen atoms in total. The Hall–Kier alpha value is -3.46. The molecule has 152 valence electrons. The van der Waals surface area contributed by atoms with Crippen LogP contribution in [0, 0.1) is 0 Å². The van der Waals surface area contributed by atoms with E-state index >= 15 is 0 Å². The first-order valence-electron chi connectivity index (χ1n) is 10.2. The van der Waals surface area contributed by atoms with Gasteiger partial charge in [-0.1, -0.05) is 60.7 Å². The maximum atomic E-state index is 6.67. The van der Waals surface area contributed by atoms with E-state index in [1.54, 1.807) is 0 Å². The van der Waals surface area contributed by atoms with Crippen LogP contribution in [-0.2, 0) is 0 Å². The molecule has 0 aliphatic carbocycles. The molecule has 0 saturated carbocycles. The number of nitrogens with zero attached hydrogens (tertiary/aromatic N) is 2. The zero-order valence-electron chi connectivity index (χ0n) is 18.0. The van der Waals surface area contributed by atoms with Gasteiger partial charge in [-0.2, -0.15) is 0 Å². The van der Waals surface area contributed by atoms with Crippen LogP contribution >= 0.6 is 0 Å². The van der Waals surface area contributed by atoms with Gasteiger partial charge in [0.1, 0.15) is 11.9 Å². The van der Waals surface area contributed by atoms with Gasteiger partial charge in [-0.15, -0.1) is 0 Å². The second-order valence-electron chi connectivity index (χ2n) is 7.95. The summed E-state index contributed by atoms with van der Waals surface area (Å²) in [5, 5.41) is 2.31. The Bertz CT molecular complexity index is 1060. The summed E-state index contributed by atoms with van der Waals surface area (Å²) in [6.07, 6.45) is -0.191. The first-order chi connectivity index (χ1) is 14.5. The van der Waals surface area contributed by atoms with Crippen molar-refractivity contribution in [2.24, 2.45) is 0 Å². The van der Waals surface area contributed by atoms with Crippen LogP contribution in [0.3, 0.4) is 0 Å². The maximum Gasteiger partial charge on any atom is 0.149 e. The Morgan fingerprint density at radius 1 is 0.567 bits per heavy atom. The van der Waals surface area contributed by atoms with Crippen LogP contribution in [0.1, 0.15) is 17.2 Å². The molecule has 0 aromatic heterocycles. The predicted molar refractivity (Wildman–Crippen MR) is 128 cm³/mol. The van der Waals surface area contributed by atoms with Crippen molar-refractivity contribution in [2.45, 2.75) is 6.10 Å². The monoisotopic (exact) mass is 396 g/mol. The van der Waals surface area contributed by atoms with Crippen molar-refractivity contribution in [1.82, 2.24) is 0 Å². The molecule has 0 saturated heterocycles. The van der Waals surface area contributed by atoms with Crippen LogP contribution in [0.25, 0.3) is 10.8 Å². The van der Waals surface area contributed by atoms with E-state index in [1.807, 2.05) is 0 Å². The second-order valence-corrected chi connectivity index (χ2v) is 7.95. The molecule has 0 fully saturated rings. The van der Waals surface area contributed by atoms with E-state index in [2.05, 4.69) is 129 Å². The minimum atomic E-state index is -0.191. The summed E-state index contributed by atoms with van der Waals surface area (Å²) in [7, 11) is 8.22. The summed E-state index contributed by atoms with van der Waals surface area (Å²) < 4.78 is 6.67. The van der Waals surface area contributed by atoms with Gasteiger partial charge in [0.2, 0.25) is 0 Å². The number of hydrogen-bond acceptors (Lipinski definition) is 3. The second kappa shape index (κ2) is 8.50. The summed E-state index contributed by atoms with van der Waals surface area (Å²) in [5.74, 6) is 0.895. The third-order valence-electron chi connectivity index (χ3n) is 5.42. The van der Waals surface area contributed by atoms with E-state index in [9.17, 15) is 0 Å². The van der Waals surface area contributed by atoms with E-state index in [1.165, 1.54) is 16.8 Å². The van der Waals surface area contributed by atoms with Crippen molar-refractivity contribution >= 4 is 22.1 Å². The SMILES string of the molecule is CN(C)c1ccc(C(Oc2cccc3ccccc23)c2ccc(N(C)C)cc2)cc1. The van der Waals surface area contributed by atoms with E-state index < -0.39 is 0 Å². The Labute approximate surface area is 179 Å². The highest BCUT2D eigenvalue weighted by Gasteiger charge is 2.18. The van der Waals surface area contributed by atoms with Crippen molar-refractivity contribution < 1.29 is 4.74 Å². The summed E-state index contributed by atoms with van der Waals surface area (Å²) in [4.78, 5) is 4.21. The van der Waals surface area contributed by atoms with E-state index in [4.69, 9.17) is 4.74 Å². The summed E-state index contributed by atoms with van der Waals surface area (Å²) in [5.41, 5.74) is 4.61. The van der Waals surface area contributed by atoms with Crippen LogP contribution in [0.2, 0.25) is 0 Å². The highest BCUT2D eigenvalue weighted by molar-refractivity contribution is 5.88. The fourth-order valence-electron chi connectivity index (χ4n) is 3.65. The van der Waals surface area contributed by atoms with Crippen molar-refractivity contribution in [3.8, 4) is 5.75 Å². The Kier molecular flexibility index (Phi) is 5.62. The number of rotatable bonds is 6. The number of hydrogen-bond donors (Lipinski definition) is 0. The van der Waals surface area contributed by atoms with Crippen molar-refractivity contribution in [3.63, 3.8) is 0 Å². The number of benzene rings is 4. The molecule has 3 heteroatoms. The molecule has 0 amide bonds. The summed E-state index contributed by atoms with van der Waals surface area (Å²) in [6.45, 7) is 0. The Morgan fingerprint density at radius 2 is 1.07 bits per heavy atom. The molecular formula is C27H28N2O. The molecule has 0 heterocycles. The quantitative estimate of drug-likeness (QED) is 0.389. The number of ether oxygens (including phenoxy) is 1. The van der Waals surface area contributed by atoms with Gasteiger partial charge in [-0.05, 0) is 46.8 Å². The summed E-state index contributed by atoms with van der Waals surface area (Å²) >= 11 is 0. The predicted octanol–water partition coefficient (Wildman–Crippen LogP) is 6.14. The molecule has 0 radical (unpaired) electrons. The normalized spacial score (nSPS) is 11.0. The topological polar surface area (TPSA) is 15.7 Å². The summed E-state index contributed by atoms with van der Waals surface area (Å²) in [6, 6.07) is 31.8. The van der Waals surface area contributed by atoms with Gasteiger partial charge in [0.25, 0.3) is 0 Å². The molecule has 0 N–H and O–H groups in total. The van der Waals surface area contributed by atoms with Gasteiger partial charge in [0, 0.05) is 45.0 Å². The fraction of sp³-hybridized carbons (Fsp3) is 0.185. The zero-order valence-corrected chi connectivity index (χ0v) is 18.0. The average molecular weight is 397 g/mol. The molecule has 0 atom stereocenters. The third-order valence-corrected chi connectivity index (χ3v) is 5.42. The lowest BCUT2D eigenvalue weighted by atomic mass is 10.00. The average Bonchev–Trinajstić information content (AvgIpc) is 2.77. The maximum absolute atomic E-state index is 6.67. The molecule has 4 rings (SSSR count). The Balaban J connectivity index is 1.76. The highest BCUT2D eigenvalue weighted by Crippen LogP contribution is 2.34. The smallest absolute Gasteiger partial charge is 0.149 e. The van der Waals surface area contributed by atoms with E-state index in [0.29, 0.717) is 0 Å². The molecule has 0 aliphatic rings. The van der Waals surface area contributed by atoms with Crippen LogP contribution < -0.4 is 14.5 Å². The first kappa shape index (κ1) is 19.8. The van der Waals surface area contributed by atoms with Crippen molar-refractivity contribution in [1.29, 1.82) is 0 Å². The molecule has 4 aromatic rings. The van der Waals surface area contributed by atoms with Gasteiger partial charge in [-0.25, -0.2) is 0 Å². The molecule has 0 aliphatic heterocycles. The van der Waals surface area contributed by atoms with Gasteiger partial charge in [0.15, 0.2) is 0 Å². The van der Waals surface area contributed by atoms with Crippen molar-refractivity contribution in [3.05, 3.63) is 102 Å². The number of anilines is 2. The fourth-order valence-corrected chi connectivity index (χ4v) is 3.65. The Morgan fingerprint density at radius 3 is 1.60 bits per heavy atom. The van der Waals surface area contributed by atoms with Crippen LogP contribution in [0.5, 0.6) is 5.75 Å². The van der Waals surface area contributed by atoms with Gasteiger partial charge in [0.05, 0.1) is 0 Å². The molecule has 0 spiro atoms. The molecule has 0 unspecified atom stereocenters. The van der Waals surface area contributed by atoms with E-state index in [0.717, 1.165) is 22.3 Å². The lowest BCUT2D eigenvalue weighted by Gasteiger charge is -2.23. The third kappa shape index (κ3) is 4.11.